The van der Waals surface area contributed by atoms with Crippen molar-refractivity contribution >= 4 is 5.91 Å². The van der Waals surface area contributed by atoms with E-state index in [1.54, 1.807) is 0 Å². The lowest BCUT2D eigenvalue weighted by molar-refractivity contribution is -0.124. The third-order valence-corrected chi connectivity index (χ3v) is 4.91. The Bertz CT molecular complexity index is 690. The van der Waals surface area contributed by atoms with Gasteiger partial charge in [-0.1, -0.05) is 59.7 Å². The Kier molecular flexibility index (Phi) is 4.03. The van der Waals surface area contributed by atoms with Crippen LogP contribution in [0.15, 0.2) is 48.5 Å². The summed E-state index contributed by atoms with van der Waals surface area (Å²) in [5.74, 6) is 0.158. The van der Waals surface area contributed by atoms with E-state index in [9.17, 15) is 4.79 Å². The molecule has 0 aromatic heterocycles. The average Bonchev–Trinajstić information content (AvgIpc) is 3.24. The van der Waals surface area contributed by atoms with Crippen LogP contribution in [0.5, 0.6) is 0 Å². The van der Waals surface area contributed by atoms with Gasteiger partial charge >= 0.3 is 0 Å². The second kappa shape index (κ2) is 5.77. The zero-order valence-corrected chi connectivity index (χ0v) is 15.3. The number of nitrogens with one attached hydrogen (secondary N) is 1. The fraction of sp³-hybridized carbons (Fsp3) is 0.409. The second-order valence-corrected chi connectivity index (χ2v) is 8.20. The molecule has 2 aromatic rings. The van der Waals surface area contributed by atoms with Gasteiger partial charge in [0.1, 0.15) is 0 Å². The number of carbonyl (C=O) groups is 1. The molecule has 1 N–H and O–H groups in total. The van der Waals surface area contributed by atoms with Crippen molar-refractivity contribution in [3.63, 3.8) is 0 Å². The molecule has 0 radical (unpaired) electrons. The quantitative estimate of drug-likeness (QED) is 0.884. The Morgan fingerprint density at radius 1 is 0.917 bits per heavy atom. The van der Waals surface area contributed by atoms with Crippen molar-refractivity contribution in [1.82, 2.24) is 5.32 Å². The Hall–Kier alpha value is -2.09. The fourth-order valence-electron chi connectivity index (χ4n) is 3.54. The Balaban J connectivity index is 1.99. The molecular formula is C22H27NO. The van der Waals surface area contributed by atoms with Crippen molar-refractivity contribution in [2.75, 3.05) is 0 Å². The van der Waals surface area contributed by atoms with Gasteiger partial charge in [0.25, 0.3) is 0 Å². The number of carbonyl (C=O) groups excluding carboxylic acids is 1. The molecule has 1 saturated carbocycles. The lowest BCUT2D eigenvalue weighted by atomic mass is 9.84. The second-order valence-electron chi connectivity index (χ2n) is 8.20. The van der Waals surface area contributed by atoms with E-state index < -0.39 is 0 Å². The zero-order chi connectivity index (χ0) is 17.5. The lowest BCUT2D eigenvalue weighted by Gasteiger charge is -2.23. The molecule has 2 heteroatoms. The SMILES string of the molecule is Cc1ccc(C2(c3ccc(C)cc3)C[C@@H]2C(=O)NC(C)(C)C)cc1. The summed E-state index contributed by atoms with van der Waals surface area (Å²) in [7, 11) is 0. The smallest absolute Gasteiger partial charge is 0.224 e. The molecule has 1 amide bonds. The van der Waals surface area contributed by atoms with Gasteiger partial charge in [0, 0.05) is 11.0 Å². The topological polar surface area (TPSA) is 29.1 Å². The van der Waals surface area contributed by atoms with E-state index in [1.807, 2.05) is 20.8 Å². The number of amides is 1. The molecule has 1 aliphatic rings. The summed E-state index contributed by atoms with van der Waals surface area (Å²) in [5, 5.41) is 3.16. The van der Waals surface area contributed by atoms with Crippen molar-refractivity contribution in [1.29, 1.82) is 0 Å². The van der Waals surface area contributed by atoms with Crippen LogP contribution in [0.4, 0.5) is 0 Å². The molecular weight excluding hydrogens is 294 g/mol. The van der Waals surface area contributed by atoms with Crippen LogP contribution >= 0.6 is 0 Å². The van der Waals surface area contributed by atoms with Gasteiger partial charge in [-0.3, -0.25) is 4.79 Å². The van der Waals surface area contributed by atoms with E-state index in [-0.39, 0.29) is 22.8 Å². The van der Waals surface area contributed by atoms with Gasteiger partial charge in [-0.05, 0) is 52.2 Å². The molecule has 2 aromatic carbocycles. The molecule has 2 nitrogen and oxygen atoms in total. The first-order chi connectivity index (χ1) is 11.2. The summed E-state index contributed by atoms with van der Waals surface area (Å²) in [4.78, 5) is 12.8. The maximum Gasteiger partial charge on any atom is 0.224 e. The first-order valence-corrected chi connectivity index (χ1v) is 8.69. The van der Waals surface area contributed by atoms with Crippen LogP contribution in [-0.2, 0) is 10.2 Å². The van der Waals surface area contributed by atoms with Gasteiger partial charge in [-0.15, -0.1) is 0 Å². The largest absolute Gasteiger partial charge is 0.351 e. The van der Waals surface area contributed by atoms with Crippen LogP contribution in [0.2, 0.25) is 0 Å². The maximum atomic E-state index is 12.8. The van der Waals surface area contributed by atoms with Crippen molar-refractivity contribution in [2.24, 2.45) is 5.92 Å². The van der Waals surface area contributed by atoms with Crippen molar-refractivity contribution in [3.05, 3.63) is 70.8 Å². The zero-order valence-electron chi connectivity index (χ0n) is 15.3. The van der Waals surface area contributed by atoms with Crippen LogP contribution < -0.4 is 5.32 Å². The van der Waals surface area contributed by atoms with Gasteiger partial charge in [0.2, 0.25) is 5.91 Å². The van der Waals surface area contributed by atoms with Crippen LogP contribution in [0.1, 0.15) is 49.4 Å². The third-order valence-electron chi connectivity index (χ3n) is 4.91. The molecule has 1 atom stereocenters. The van der Waals surface area contributed by atoms with E-state index in [0.717, 1.165) is 6.42 Å². The molecule has 0 spiro atoms. The average molecular weight is 321 g/mol. The minimum absolute atomic E-state index is 0.00198. The van der Waals surface area contributed by atoms with Crippen molar-refractivity contribution in [2.45, 2.75) is 52.0 Å². The van der Waals surface area contributed by atoms with Crippen LogP contribution in [0.3, 0.4) is 0 Å². The normalized spacial score (nSPS) is 19.0. The van der Waals surface area contributed by atoms with E-state index in [2.05, 4.69) is 67.7 Å². The Morgan fingerprint density at radius 3 is 1.71 bits per heavy atom. The number of hydrogen-bond acceptors (Lipinski definition) is 1. The monoisotopic (exact) mass is 321 g/mol. The molecule has 1 aliphatic carbocycles. The highest BCUT2D eigenvalue weighted by atomic mass is 16.2. The van der Waals surface area contributed by atoms with Gasteiger partial charge in [0.15, 0.2) is 0 Å². The Labute approximate surface area is 145 Å². The highest BCUT2D eigenvalue weighted by molar-refractivity contribution is 5.86. The number of rotatable bonds is 3. The molecule has 126 valence electrons. The van der Waals surface area contributed by atoms with Crippen LogP contribution in [0, 0.1) is 19.8 Å². The first-order valence-electron chi connectivity index (χ1n) is 8.69. The molecule has 3 rings (SSSR count). The third kappa shape index (κ3) is 3.10. The van der Waals surface area contributed by atoms with E-state index in [4.69, 9.17) is 0 Å². The van der Waals surface area contributed by atoms with Crippen LogP contribution in [0.25, 0.3) is 0 Å². The maximum absolute atomic E-state index is 12.8. The van der Waals surface area contributed by atoms with Gasteiger partial charge in [-0.2, -0.15) is 0 Å². The molecule has 0 heterocycles. The number of benzene rings is 2. The van der Waals surface area contributed by atoms with Crippen molar-refractivity contribution < 1.29 is 4.79 Å². The summed E-state index contributed by atoms with van der Waals surface area (Å²) in [6.45, 7) is 10.3. The number of hydrogen-bond donors (Lipinski definition) is 1. The fourth-order valence-corrected chi connectivity index (χ4v) is 3.54. The highest BCUT2D eigenvalue weighted by Crippen LogP contribution is 2.59. The van der Waals surface area contributed by atoms with E-state index in [0.29, 0.717) is 0 Å². The highest BCUT2D eigenvalue weighted by Gasteiger charge is 2.60. The van der Waals surface area contributed by atoms with Crippen molar-refractivity contribution in [3.8, 4) is 0 Å². The summed E-state index contributed by atoms with van der Waals surface area (Å²) >= 11 is 0. The van der Waals surface area contributed by atoms with Gasteiger partial charge in [0.05, 0.1) is 5.92 Å². The molecule has 1 fully saturated rings. The summed E-state index contributed by atoms with van der Waals surface area (Å²) in [6, 6.07) is 17.3. The predicted octanol–water partition coefficient (Wildman–Crippen LogP) is 4.52. The summed E-state index contributed by atoms with van der Waals surface area (Å²) < 4.78 is 0. The summed E-state index contributed by atoms with van der Waals surface area (Å²) in [5.41, 5.74) is 4.59. The molecule has 0 saturated heterocycles. The van der Waals surface area contributed by atoms with Gasteiger partial charge in [-0.25, -0.2) is 0 Å². The molecule has 0 aliphatic heterocycles. The number of aryl methyl sites for hydroxylation is 2. The Morgan fingerprint density at radius 2 is 1.33 bits per heavy atom. The first kappa shape index (κ1) is 16.8. The standard InChI is InChI=1S/C22H27NO/c1-15-6-10-17(11-7-15)22(18-12-8-16(2)9-13-18)14-19(22)20(24)23-21(3,4)5/h6-13,19H,14H2,1-5H3,(H,23,24)/t19-/m1/s1. The minimum atomic E-state index is -0.202. The van der Waals surface area contributed by atoms with E-state index in [1.165, 1.54) is 22.3 Å². The lowest BCUT2D eigenvalue weighted by Crippen LogP contribution is -2.42. The summed E-state index contributed by atoms with van der Waals surface area (Å²) in [6.07, 6.45) is 0.876. The molecule has 24 heavy (non-hydrogen) atoms. The van der Waals surface area contributed by atoms with Gasteiger partial charge < -0.3 is 5.32 Å². The molecule has 0 bridgehead atoms. The van der Waals surface area contributed by atoms with Crippen LogP contribution in [-0.4, -0.2) is 11.4 Å². The minimum Gasteiger partial charge on any atom is -0.351 e. The van der Waals surface area contributed by atoms with E-state index >= 15 is 0 Å². The predicted molar refractivity (Wildman–Crippen MR) is 99.1 cm³/mol. The molecule has 0 unspecified atom stereocenters.